The first-order valence-electron chi connectivity index (χ1n) is 9.89. The summed E-state index contributed by atoms with van der Waals surface area (Å²) in [7, 11) is 1.45. The second-order valence-electron chi connectivity index (χ2n) is 7.55. The number of methoxy groups -OCH3 is 1. The first-order valence-corrected chi connectivity index (χ1v) is 10.3. The summed E-state index contributed by atoms with van der Waals surface area (Å²) in [5.41, 5.74) is 6.86. The van der Waals surface area contributed by atoms with E-state index in [2.05, 4.69) is 0 Å². The van der Waals surface area contributed by atoms with Crippen molar-refractivity contribution in [2.24, 2.45) is 5.73 Å². The quantitative estimate of drug-likeness (QED) is 0.766. The second-order valence-corrected chi connectivity index (χ2v) is 7.96. The summed E-state index contributed by atoms with van der Waals surface area (Å²) in [5, 5.41) is 0.202. The van der Waals surface area contributed by atoms with Crippen molar-refractivity contribution in [3.05, 3.63) is 45.4 Å². The normalized spacial score (nSPS) is 19.3. The van der Waals surface area contributed by atoms with Gasteiger partial charge in [0.1, 0.15) is 11.5 Å². The molecule has 0 spiro atoms. The summed E-state index contributed by atoms with van der Waals surface area (Å²) in [4.78, 5) is 36.8. The average molecular weight is 432 g/mol. The van der Waals surface area contributed by atoms with Crippen LogP contribution in [-0.4, -0.2) is 31.2 Å². The molecule has 158 valence electrons. The largest absolute Gasteiger partial charge is 0.493 e. The van der Waals surface area contributed by atoms with Crippen LogP contribution in [0, 0.1) is 0 Å². The maximum atomic E-state index is 12.9. The SMILES string of the molecule is COc1cc(C2C3=C(CCCC3=O)OC3=C2C(=O)CCC3)cc(Cl)c1OCC(N)=O. The number of hydrogen-bond donors (Lipinski definition) is 1. The number of nitrogens with two attached hydrogens (primary N) is 1. The average Bonchev–Trinajstić information content (AvgIpc) is 2.71. The van der Waals surface area contributed by atoms with E-state index in [0.29, 0.717) is 59.7 Å². The number of amides is 1. The minimum Gasteiger partial charge on any atom is -0.493 e. The maximum absolute atomic E-state index is 12.9. The molecule has 1 aliphatic heterocycles. The molecule has 0 saturated carbocycles. The fourth-order valence-corrected chi connectivity index (χ4v) is 4.61. The second kappa shape index (κ2) is 8.14. The number of ketones is 2. The van der Waals surface area contributed by atoms with Crippen LogP contribution in [0.15, 0.2) is 34.8 Å². The van der Waals surface area contributed by atoms with Crippen LogP contribution in [0.3, 0.4) is 0 Å². The molecule has 1 amide bonds. The van der Waals surface area contributed by atoms with E-state index in [0.717, 1.165) is 12.8 Å². The van der Waals surface area contributed by atoms with Gasteiger partial charge < -0.3 is 19.9 Å². The Labute approximate surface area is 178 Å². The Morgan fingerprint density at radius 1 is 1.10 bits per heavy atom. The zero-order chi connectivity index (χ0) is 21.4. The van der Waals surface area contributed by atoms with Gasteiger partial charge in [-0.25, -0.2) is 0 Å². The zero-order valence-corrected chi connectivity index (χ0v) is 17.3. The van der Waals surface area contributed by atoms with Crippen molar-refractivity contribution in [2.75, 3.05) is 13.7 Å². The van der Waals surface area contributed by atoms with E-state index in [4.69, 9.17) is 31.5 Å². The first kappa shape index (κ1) is 20.5. The van der Waals surface area contributed by atoms with Gasteiger partial charge in [0.25, 0.3) is 5.91 Å². The number of Topliss-reactive ketones (excluding diaryl/α,β-unsaturated/α-hetero) is 2. The third-order valence-corrected chi connectivity index (χ3v) is 5.87. The molecule has 0 fully saturated rings. The third kappa shape index (κ3) is 3.58. The van der Waals surface area contributed by atoms with Crippen LogP contribution in [0.4, 0.5) is 0 Å². The van der Waals surface area contributed by atoms with E-state index >= 15 is 0 Å². The molecule has 4 rings (SSSR count). The lowest BCUT2D eigenvalue weighted by molar-refractivity contribution is -0.120. The van der Waals surface area contributed by atoms with Gasteiger partial charge in [-0.3, -0.25) is 14.4 Å². The van der Waals surface area contributed by atoms with Crippen LogP contribution < -0.4 is 15.2 Å². The Morgan fingerprint density at radius 3 is 2.23 bits per heavy atom. The van der Waals surface area contributed by atoms with Gasteiger partial charge >= 0.3 is 0 Å². The zero-order valence-electron chi connectivity index (χ0n) is 16.6. The van der Waals surface area contributed by atoms with Gasteiger partial charge in [0.15, 0.2) is 29.7 Å². The van der Waals surface area contributed by atoms with E-state index in [1.165, 1.54) is 7.11 Å². The number of halogens is 1. The number of hydrogen-bond acceptors (Lipinski definition) is 6. The molecule has 0 unspecified atom stereocenters. The van der Waals surface area contributed by atoms with Crippen molar-refractivity contribution in [1.82, 2.24) is 0 Å². The lowest BCUT2D eigenvalue weighted by atomic mass is 9.73. The van der Waals surface area contributed by atoms with Crippen molar-refractivity contribution in [2.45, 2.75) is 44.4 Å². The van der Waals surface area contributed by atoms with Crippen LogP contribution in [0.2, 0.25) is 5.02 Å². The van der Waals surface area contributed by atoms with Crippen LogP contribution >= 0.6 is 11.6 Å². The van der Waals surface area contributed by atoms with E-state index in [1.54, 1.807) is 12.1 Å². The van der Waals surface area contributed by atoms with Gasteiger partial charge in [-0.1, -0.05) is 11.6 Å². The number of benzene rings is 1. The first-order chi connectivity index (χ1) is 14.4. The molecule has 1 heterocycles. The highest BCUT2D eigenvalue weighted by molar-refractivity contribution is 6.32. The fourth-order valence-electron chi connectivity index (χ4n) is 4.34. The van der Waals surface area contributed by atoms with Gasteiger partial charge in [-0.05, 0) is 30.5 Å². The lowest BCUT2D eigenvalue weighted by Gasteiger charge is -2.36. The van der Waals surface area contributed by atoms with E-state index in [1.807, 2.05) is 0 Å². The molecular weight excluding hydrogens is 410 g/mol. The van der Waals surface area contributed by atoms with E-state index < -0.39 is 11.8 Å². The summed E-state index contributed by atoms with van der Waals surface area (Å²) in [6.45, 7) is -0.353. The Hall–Kier alpha value is -2.80. The number of primary amides is 1. The standard InChI is InChI=1S/C22H22ClNO6/c1-28-17-9-11(8-12(23)22(17)29-10-18(24)27)19-20-13(25)4-2-6-15(20)30-16-7-3-5-14(26)21(16)19/h8-9,19H,2-7,10H2,1H3,(H2,24,27). The number of rotatable bonds is 5. The monoisotopic (exact) mass is 431 g/mol. The topological polar surface area (TPSA) is 105 Å². The third-order valence-electron chi connectivity index (χ3n) is 5.58. The lowest BCUT2D eigenvalue weighted by Crippen LogP contribution is -2.30. The van der Waals surface area contributed by atoms with Crippen LogP contribution in [0.1, 0.15) is 50.0 Å². The predicted octanol–water partition coefficient (Wildman–Crippen LogP) is 3.34. The van der Waals surface area contributed by atoms with Gasteiger partial charge in [0.2, 0.25) is 0 Å². The Kier molecular flexibility index (Phi) is 5.56. The number of carbonyl (C=O) groups excluding carboxylic acids is 3. The van der Waals surface area contributed by atoms with Crippen molar-refractivity contribution in [3.63, 3.8) is 0 Å². The summed E-state index contributed by atoms with van der Waals surface area (Å²) >= 11 is 6.45. The Bertz CT molecular complexity index is 967. The van der Waals surface area contributed by atoms with E-state index in [-0.39, 0.29) is 28.9 Å². The van der Waals surface area contributed by atoms with Gasteiger partial charge in [0, 0.05) is 42.7 Å². The highest BCUT2D eigenvalue weighted by Crippen LogP contribution is 2.50. The molecule has 3 aliphatic rings. The molecule has 1 aromatic rings. The number of carbonyl (C=O) groups is 3. The molecule has 0 bridgehead atoms. The molecular formula is C22H22ClNO6. The smallest absolute Gasteiger partial charge is 0.255 e. The van der Waals surface area contributed by atoms with E-state index in [9.17, 15) is 14.4 Å². The molecule has 30 heavy (non-hydrogen) atoms. The summed E-state index contributed by atoms with van der Waals surface area (Å²) in [6.07, 6.45) is 3.61. The van der Waals surface area contributed by atoms with Gasteiger partial charge in [0.05, 0.1) is 12.1 Å². The van der Waals surface area contributed by atoms with Crippen LogP contribution in [0.25, 0.3) is 0 Å². The Morgan fingerprint density at radius 2 is 1.70 bits per heavy atom. The molecule has 0 aromatic heterocycles. The van der Waals surface area contributed by atoms with Crippen molar-refractivity contribution in [3.8, 4) is 11.5 Å². The number of allylic oxidation sites excluding steroid dienone is 4. The van der Waals surface area contributed by atoms with Crippen LogP contribution in [-0.2, 0) is 19.1 Å². The van der Waals surface area contributed by atoms with Crippen molar-refractivity contribution in [1.29, 1.82) is 0 Å². The minimum absolute atomic E-state index is 0.0182. The van der Waals surface area contributed by atoms with Crippen LogP contribution in [0.5, 0.6) is 11.5 Å². The predicted molar refractivity (Wildman–Crippen MR) is 108 cm³/mol. The van der Waals surface area contributed by atoms with Crippen molar-refractivity contribution >= 4 is 29.1 Å². The minimum atomic E-state index is -0.646. The van der Waals surface area contributed by atoms with Gasteiger partial charge in [-0.15, -0.1) is 0 Å². The molecule has 2 N–H and O–H groups in total. The van der Waals surface area contributed by atoms with Crippen molar-refractivity contribution < 1.29 is 28.6 Å². The molecule has 0 radical (unpaired) electrons. The molecule has 2 aliphatic carbocycles. The summed E-state index contributed by atoms with van der Waals surface area (Å²) < 4.78 is 16.9. The highest BCUT2D eigenvalue weighted by Gasteiger charge is 2.42. The summed E-state index contributed by atoms with van der Waals surface area (Å²) in [6, 6.07) is 3.34. The highest BCUT2D eigenvalue weighted by atomic mass is 35.5. The molecule has 0 atom stereocenters. The molecule has 0 saturated heterocycles. The molecule has 1 aromatic carbocycles. The number of ether oxygens (including phenoxy) is 3. The molecule has 8 heteroatoms. The maximum Gasteiger partial charge on any atom is 0.255 e. The fraction of sp³-hybridized carbons (Fsp3) is 0.409. The molecule has 7 nitrogen and oxygen atoms in total. The van der Waals surface area contributed by atoms with Gasteiger partial charge in [-0.2, -0.15) is 0 Å². The summed E-state index contributed by atoms with van der Waals surface area (Å²) in [5.74, 6) is 0.532. The Balaban J connectivity index is 1.86.